The fraction of sp³-hybridized carbons (Fsp3) is 0.208. The summed E-state index contributed by atoms with van der Waals surface area (Å²) in [5.74, 6) is 0. The minimum atomic E-state index is -2.38. The topological polar surface area (TPSA) is 0 Å². The molecule has 8 aromatic rings. The fourth-order valence-electron chi connectivity index (χ4n) is 7.44. The van der Waals surface area contributed by atoms with E-state index < -0.39 is 32.9 Å². The van der Waals surface area contributed by atoms with Crippen molar-refractivity contribution < 1.29 is 20.8 Å². The molecule has 0 spiro atoms. The van der Waals surface area contributed by atoms with E-state index in [-0.39, 0.29) is 0 Å². The summed E-state index contributed by atoms with van der Waals surface area (Å²) < 4.78 is 0. The molecule has 310 valence electrons. The molecule has 0 amide bonds. The Kier molecular flexibility index (Phi) is 20.7. The average Bonchev–Trinajstić information content (AvgIpc) is 3.80. The van der Waals surface area contributed by atoms with Gasteiger partial charge in [-0.15, -0.1) is 136 Å². The summed E-state index contributed by atoms with van der Waals surface area (Å²) in [7, 11) is 10.9. The number of hydrogen-bond acceptors (Lipinski definition) is 0. The Bertz CT molecular complexity index is 2370. The van der Waals surface area contributed by atoms with Gasteiger partial charge in [0.1, 0.15) is 0 Å². The maximum atomic E-state index is 5.80. The number of fused-ring (bicyclic) bond motifs is 4. The Morgan fingerprint density at radius 2 is 0.783 bits per heavy atom. The monoisotopic (exact) mass is 1080 g/mol. The van der Waals surface area contributed by atoms with Crippen LogP contribution in [0.5, 0.6) is 0 Å². The van der Waals surface area contributed by atoms with Gasteiger partial charge in [-0.25, -0.2) is 0 Å². The van der Waals surface area contributed by atoms with Crippen LogP contribution in [0, 0.1) is 13.8 Å². The Morgan fingerprint density at radius 1 is 0.450 bits per heavy atom. The zero-order valence-electron chi connectivity index (χ0n) is 33.5. The number of hydrogen-bond donors (Lipinski definition) is 0. The summed E-state index contributed by atoms with van der Waals surface area (Å²) in [5.41, 5.74) is 7.94. The number of unbranched alkanes of at least 4 members (excludes halogenated alkanes) is 2. The molecule has 2 radical (unpaired) electrons. The summed E-state index contributed by atoms with van der Waals surface area (Å²) in [5, 5.41) is 10.6. The number of benzene rings is 6. The van der Waals surface area contributed by atoms with E-state index in [4.69, 9.17) is 83.5 Å². The van der Waals surface area contributed by atoms with E-state index in [1.54, 1.807) is 0 Å². The van der Waals surface area contributed by atoms with Crippen LogP contribution in [0.15, 0.2) is 146 Å². The van der Waals surface area contributed by atoms with Crippen LogP contribution in [0.4, 0.5) is 0 Å². The molecular formula is C48H46Cl8Si3Zr. The summed E-state index contributed by atoms with van der Waals surface area (Å²) in [6.07, 6.45) is 4.41. The van der Waals surface area contributed by atoms with Crippen molar-refractivity contribution in [1.82, 2.24) is 0 Å². The van der Waals surface area contributed by atoms with E-state index >= 15 is 0 Å². The van der Waals surface area contributed by atoms with Gasteiger partial charge in [0, 0.05) is 9.52 Å². The van der Waals surface area contributed by atoms with Gasteiger partial charge in [-0.1, -0.05) is 160 Å². The molecule has 0 heterocycles. The third-order valence-corrected chi connectivity index (χ3v) is 16.7. The van der Waals surface area contributed by atoms with Crippen molar-refractivity contribution in [2.24, 2.45) is 0 Å². The van der Waals surface area contributed by atoms with Gasteiger partial charge >= 0.3 is 49.9 Å². The van der Waals surface area contributed by atoms with Gasteiger partial charge in [0.2, 0.25) is 0 Å². The molecule has 60 heavy (non-hydrogen) atoms. The standard InChI is InChI=1S/2C20H15.C8H16Cl6Si3.2ClH.Zr/c2*1-14-12-16-8-5-11-19(20(16)13-14)18-10-4-7-15-6-2-3-9-17(15)18;9-16(10,11)7-3-1-5-15-6-2-4-8-17(12,13)14;;;/h2*2-13H,1H3;1-8H2;2*1H;/q2*-1;;;;+4/p-2. The van der Waals surface area contributed by atoms with Gasteiger partial charge in [-0.3, -0.25) is 0 Å². The summed E-state index contributed by atoms with van der Waals surface area (Å²) in [6.45, 7) is 4.32. The second-order valence-electron chi connectivity index (χ2n) is 14.7. The fourth-order valence-corrected chi connectivity index (χ4v) is 12.4. The van der Waals surface area contributed by atoms with Crippen molar-refractivity contribution in [1.29, 1.82) is 0 Å². The number of rotatable bonds is 12. The summed E-state index contributed by atoms with van der Waals surface area (Å²) in [4.78, 5) is 0. The molecule has 0 aliphatic rings. The average molecular weight is 1080 g/mol. The van der Waals surface area contributed by atoms with E-state index in [9.17, 15) is 0 Å². The molecule has 8 aromatic carbocycles. The molecule has 0 unspecified atom stereocenters. The molecule has 12 heteroatoms. The van der Waals surface area contributed by atoms with Crippen LogP contribution in [0.3, 0.4) is 0 Å². The van der Waals surface area contributed by atoms with Crippen LogP contribution in [0.25, 0.3) is 65.3 Å². The predicted molar refractivity (Wildman–Crippen MR) is 276 cm³/mol. The second-order valence-corrected chi connectivity index (χ2v) is 38.5. The molecule has 0 nitrogen and oxygen atoms in total. The van der Waals surface area contributed by atoms with Crippen LogP contribution < -0.4 is 0 Å². The summed E-state index contributed by atoms with van der Waals surface area (Å²) >= 11 is 33.9. The Balaban J connectivity index is 0.000000166. The molecule has 0 aliphatic carbocycles. The normalized spacial score (nSPS) is 11.4. The van der Waals surface area contributed by atoms with Crippen LogP contribution in [-0.2, 0) is 20.8 Å². The van der Waals surface area contributed by atoms with Crippen molar-refractivity contribution in [2.75, 3.05) is 0 Å². The predicted octanol–water partition coefficient (Wildman–Crippen LogP) is 19.1. The molecule has 0 aliphatic heterocycles. The third-order valence-electron chi connectivity index (χ3n) is 10.1. The molecule has 0 fully saturated rings. The third kappa shape index (κ3) is 15.6. The molecule has 0 atom stereocenters. The Hall–Kier alpha value is -1.09. The van der Waals surface area contributed by atoms with Crippen LogP contribution in [-0.4, -0.2) is 21.5 Å². The number of halogens is 8. The van der Waals surface area contributed by atoms with Crippen LogP contribution in [0.1, 0.15) is 36.8 Å². The van der Waals surface area contributed by atoms with E-state index in [1.807, 2.05) is 0 Å². The van der Waals surface area contributed by atoms with E-state index in [1.165, 1.54) is 101 Å². The minimum absolute atomic E-state index is 0.779. The molecule has 8 rings (SSSR count). The van der Waals surface area contributed by atoms with Crippen LogP contribution in [0.2, 0.25) is 24.2 Å². The van der Waals surface area contributed by atoms with Crippen molar-refractivity contribution in [2.45, 2.75) is 63.7 Å². The van der Waals surface area contributed by atoms with E-state index in [0.29, 0.717) is 0 Å². The first-order valence-corrected chi connectivity index (χ1v) is 38.1. The summed E-state index contributed by atoms with van der Waals surface area (Å²) in [6, 6.07) is 51.8. The molecule has 0 saturated heterocycles. The maximum absolute atomic E-state index is 5.80. The van der Waals surface area contributed by atoms with Gasteiger partial charge < -0.3 is 0 Å². The van der Waals surface area contributed by atoms with Gasteiger partial charge in [0.25, 0.3) is 0 Å². The molecule has 0 aromatic heterocycles. The molecule has 0 N–H and O–H groups in total. The van der Waals surface area contributed by atoms with Gasteiger partial charge in [-0.05, 0) is 44.8 Å². The van der Waals surface area contributed by atoms with Gasteiger partial charge in [0.15, 0.2) is 0 Å². The van der Waals surface area contributed by atoms with E-state index in [2.05, 4.69) is 159 Å². The van der Waals surface area contributed by atoms with Crippen molar-refractivity contribution in [3.63, 3.8) is 0 Å². The Morgan fingerprint density at radius 3 is 1.17 bits per heavy atom. The Labute approximate surface area is 407 Å². The van der Waals surface area contributed by atoms with Crippen molar-refractivity contribution in [3.8, 4) is 22.3 Å². The van der Waals surface area contributed by atoms with Gasteiger partial charge in [0.05, 0.1) is 0 Å². The van der Waals surface area contributed by atoms with Crippen LogP contribution >= 0.6 is 83.5 Å². The first-order valence-electron chi connectivity index (χ1n) is 19.9. The molecule has 0 saturated carbocycles. The van der Waals surface area contributed by atoms with Crippen molar-refractivity contribution in [3.05, 3.63) is 157 Å². The zero-order valence-corrected chi connectivity index (χ0v) is 45.0. The zero-order chi connectivity index (χ0) is 43.1. The SMILES string of the molecule is Cc1cc2c(-c3cccc4ccccc34)cccc2[cH-]1.Cc1cc2c(-c3cccc4ccccc34)cccc2[cH-]1.Cl[Si](Cl)(Cl)CCCC[Si]CCCC[Si](Cl)(Cl)Cl.[Cl][Zr+2][Cl]. The van der Waals surface area contributed by atoms with E-state index in [0.717, 1.165) is 34.4 Å². The van der Waals surface area contributed by atoms with Gasteiger partial charge in [-0.2, -0.15) is 12.1 Å². The molecular weight excluding hydrogens is 1040 g/mol. The van der Waals surface area contributed by atoms with Crippen molar-refractivity contribution >= 4 is 148 Å². The quantitative estimate of drug-likeness (QED) is 0.0495. The molecule has 0 bridgehead atoms. The first kappa shape index (κ1) is 49.9. The second kappa shape index (κ2) is 24.8. The first-order chi connectivity index (χ1) is 28.8. The number of aryl methyl sites for hydroxylation is 2.